The molecule has 0 aliphatic carbocycles. The van der Waals surface area contributed by atoms with Gasteiger partial charge in [0.1, 0.15) is 6.04 Å². The van der Waals surface area contributed by atoms with Gasteiger partial charge in [-0.3, -0.25) is 9.59 Å². The lowest BCUT2D eigenvalue weighted by atomic mass is 9.98. The van der Waals surface area contributed by atoms with Gasteiger partial charge in [0.25, 0.3) is 0 Å². The number of carbonyl (C=O) groups is 3. The molecule has 1 aliphatic rings. The second kappa shape index (κ2) is 7.73. The van der Waals surface area contributed by atoms with Gasteiger partial charge in [-0.15, -0.1) is 0 Å². The zero-order chi connectivity index (χ0) is 14.3. The van der Waals surface area contributed by atoms with Crippen molar-refractivity contribution in [2.24, 2.45) is 5.92 Å². The van der Waals surface area contributed by atoms with Gasteiger partial charge >= 0.3 is 11.9 Å². The molecule has 19 heavy (non-hydrogen) atoms. The molecule has 0 aromatic carbocycles. The Morgan fingerprint density at radius 2 is 2.05 bits per heavy atom. The van der Waals surface area contributed by atoms with Gasteiger partial charge in [-0.05, 0) is 32.2 Å². The molecule has 0 aromatic rings. The molecule has 0 radical (unpaired) electrons. The number of hydrogen-bond donors (Lipinski definition) is 4. The van der Waals surface area contributed by atoms with Crippen LogP contribution in [0.4, 0.5) is 0 Å². The first-order valence-electron chi connectivity index (χ1n) is 6.46. The molecule has 1 unspecified atom stereocenters. The lowest BCUT2D eigenvalue weighted by Gasteiger charge is -2.24. The topological polar surface area (TPSA) is 116 Å². The maximum Gasteiger partial charge on any atom is 0.326 e. The van der Waals surface area contributed by atoms with Gasteiger partial charge in [-0.2, -0.15) is 0 Å². The summed E-state index contributed by atoms with van der Waals surface area (Å²) >= 11 is 0. The Morgan fingerprint density at radius 1 is 1.32 bits per heavy atom. The van der Waals surface area contributed by atoms with Gasteiger partial charge in [-0.1, -0.05) is 0 Å². The Balaban J connectivity index is 2.41. The molecule has 1 fully saturated rings. The summed E-state index contributed by atoms with van der Waals surface area (Å²) in [5.41, 5.74) is 0. The highest BCUT2D eigenvalue weighted by atomic mass is 16.4. The van der Waals surface area contributed by atoms with Gasteiger partial charge in [0, 0.05) is 13.0 Å². The van der Waals surface area contributed by atoms with Crippen molar-refractivity contribution >= 4 is 17.8 Å². The molecular formula is C12H20N2O5. The van der Waals surface area contributed by atoms with Crippen LogP contribution in [0, 0.1) is 5.92 Å². The Morgan fingerprint density at radius 3 is 2.58 bits per heavy atom. The van der Waals surface area contributed by atoms with Crippen molar-refractivity contribution in [3.8, 4) is 0 Å². The third-order valence-corrected chi connectivity index (χ3v) is 3.17. The molecule has 0 spiro atoms. The van der Waals surface area contributed by atoms with Crippen molar-refractivity contribution in [3.63, 3.8) is 0 Å². The summed E-state index contributed by atoms with van der Waals surface area (Å²) in [6, 6.07) is -1.01. The smallest absolute Gasteiger partial charge is 0.326 e. The fraction of sp³-hybridized carbons (Fsp3) is 0.750. The number of aliphatic carboxylic acids is 2. The first-order valence-corrected chi connectivity index (χ1v) is 6.46. The number of amides is 1. The van der Waals surface area contributed by atoms with Crippen LogP contribution in [-0.4, -0.2) is 47.2 Å². The summed E-state index contributed by atoms with van der Waals surface area (Å²) < 4.78 is 0. The normalized spacial score (nSPS) is 20.5. The van der Waals surface area contributed by atoms with Crippen molar-refractivity contribution in [1.82, 2.24) is 10.6 Å². The Kier molecular flexibility index (Phi) is 6.27. The van der Waals surface area contributed by atoms with Crippen molar-refractivity contribution in [1.29, 1.82) is 0 Å². The van der Waals surface area contributed by atoms with Gasteiger partial charge in [0.2, 0.25) is 5.91 Å². The van der Waals surface area contributed by atoms with E-state index >= 15 is 0 Å². The molecule has 2 atom stereocenters. The molecule has 4 N–H and O–H groups in total. The lowest BCUT2D eigenvalue weighted by Crippen LogP contribution is -2.47. The average Bonchev–Trinajstić information content (AvgIpc) is 2.37. The molecule has 1 aliphatic heterocycles. The molecule has 108 valence electrons. The molecule has 0 saturated carbocycles. The predicted octanol–water partition coefficient (Wildman–Crippen LogP) is -0.190. The number of carbonyl (C=O) groups excluding carboxylic acids is 1. The van der Waals surface area contributed by atoms with E-state index in [9.17, 15) is 14.4 Å². The Labute approximate surface area is 111 Å². The minimum Gasteiger partial charge on any atom is -0.481 e. The van der Waals surface area contributed by atoms with Gasteiger partial charge < -0.3 is 20.8 Å². The molecule has 1 heterocycles. The second-order valence-corrected chi connectivity index (χ2v) is 4.73. The predicted molar refractivity (Wildman–Crippen MR) is 66.6 cm³/mol. The van der Waals surface area contributed by atoms with E-state index in [2.05, 4.69) is 10.6 Å². The van der Waals surface area contributed by atoms with Crippen LogP contribution in [0.2, 0.25) is 0 Å². The maximum absolute atomic E-state index is 11.9. The van der Waals surface area contributed by atoms with E-state index < -0.39 is 18.0 Å². The number of piperidine rings is 1. The number of nitrogens with one attached hydrogen (secondary N) is 2. The minimum absolute atomic E-state index is 0.0926. The van der Waals surface area contributed by atoms with Crippen LogP contribution in [-0.2, 0) is 14.4 Å². The van der Waals surface area contributed by atoms with Crippen molar-refractivity contribution < 1.29 is 24.6 Å². The molecule has 0 bridgehead atoms. The molecule has 7 nitrogen and oxygen atoms in total. The summed E-state index contributed by atoms with van der Waals surface area (Å²) in [6.07, 6.45) is 1.92. The number of carboxylic acids is 2. The largest absolute Gasteiger partial charge is 0.481 e. The Bertz CT molecular complexity index is 339. The zero-order valence-electron chi connectivity index (χ0n) is 10.7. The SMILES string of the molecule is O=C(O)CCC[C@@H](NC(=O)C1CCCNC1)C(=O)O. The van der Waals surface area contributed by atoms with Crippen molar-refractivity contribution in [3.05, 3.63) is 0 Å². The molecular weight excluding hydrogens is 252 g/mol. The van der Waals surface area contributed by atoms with Crippen LogP contribution in [0.5, 0.6) is 0 Å². The van der Waals surface area contributed by atoms with E-state index in [1.807, 2.05) is 0 Å². The molecule has 7 heteroatoms. The summed E-state index contributed by atoms with van der Waals surface area (Å²) in [5.74, 6) is -2.56. The van der Waals surface area contributed by atoms with E-state index in [1.165, 1.54) is 0 Å². The number of hydrogen-bond acceptors (Lipinski definition) is 4. The highest BCUT2D eigenvalue weighted by Crippen LogP contribution is 2.11. The van der Waals surface area contributed by atoms with E-state index in [0.29, 0.717) is 6.54 Å². The molecule has 0 aromatic heterocycles. The fourth-order valence-electron chi connectivity index (χ4n) is 2.08. The van der Waals surface area contributed by atoms with Gasteiger partial charge in [-0.25, -0.2) is 4.79 Å². The standard InChI is InChI=1S/C12H20N2O5/c15-10(16)5-1-4-9(12(18)19)14-11(17)8-3-2-6-13-7-8/h8-9,13H,1-7H2,(H,14,17)(H,15,16)(H,18,19)/t8?,9-/m1/s1. The molecule has 1 amide bonds. The van der Waals surface area contributed by atoms with Crippen LogP contribution in [0.3, 0.4) is 0 Å². The minimum atomic E-state index is -1.12. The summed E-state index contributed by atoms with van der Waals surface area (Å²) in [6.45, 7) is 1.44. The summed E-state index contributed by atoms with van der Waals surface area (Å²) in [7, 11) is 0. The van der Waals surface area contributed by atoms with Crippen LogP contribution in [0.1, 0.15) is 32.1 Å². The highest BCUT2D eigenvalue weighted by Gasteiger charge is 2.26. The van der Waals surface area contributed by atoms with Crippen LogP contribution in [0.25, 0.3) is 0 Å². The first kappa shape index (κ1) is 15.4. The summed E-state index contributed by atoms with van der Waals surface area (Å²) in [5, 5.41) is 23.1. The van der Waals surface area contributed by atoms with E-state index in [0.717, 1.165) is 19.4 Å². The second-order valence-electron chi connectivity index (χ2n) is 4.73. The monoisotopic (exact) mass is 272 g/mol. The molecule has 1 saturated heterocycles. The highest BCUT2D eigenvalue weighted by molar-refractivity contribution is 5.85. The number of rotatable bonds is 7. The van der Waals surface area contributed by atoms with Gasteiger partial charge in [0.15, 0.2) is 0 Å². The maximum atomic E-state index is 11.9. The lowest BCUT2D eigenvalue weighted by molar-refractivity contribution is -0.143. The molecule has 1 rings (SSSR count). The third kappa shape index (κ3) is 5.69. The zero-order valence-corrected chi connectivity index (χ0v) is 10.7. The quantitative estimate of drug-likeness (QED) is 0.510. The van der Waals surface area contributed by atoms with E-state index in [-0.39, 0.29) is 31.1 Å². The first-order chi connectivity index (χ1) is 9.00. The van der Waals surface area contributed by atoms with E-state index in [1.54, 1.807) is 0 Å². The average molecular weight is 272 g/mol. The van der Waals surface area contributed by atoms with Crippen LogP contribution >= 0.6 is 0 Å². The van der Waals surface area contributed by atoms with Gasteiger partial charge in [0.05, 0.1) is 5.92 Å². The number of carboxylic acid groups (broad SMARTS) is 2. The Hall–Kier alpha value is -1.63. The van der Waals surface area contributed by atoms with Crippen molar-refractivity contribution in [2.75, 3.05) is 13.1 Å². The summed E-state index contributed by atoms with van der Waals surface area (Å²) in [4.78, 5) is 33.3. The third-order valence-electron chi connectivity index (χ3n) is 3.17. The van der Waals surface area contributed by atoms with Crippen molar-refractivity contribution in [2.45, 2.75) is 38.1 Å². The van der Waals surface area contributed by atoms with E-state index in [4.69, 9.17) is 10.2 Å². The van der Waals surface area contributed by atoms with Crippen LogP contribution in [0.15, 0.2) is 0 Å². The fourth-order valence-corrected chi connectivity index (χ4v) is 2.08. The van der Waals surface area contributed by atoms with Crippen LogP contribution < -0.4 is 10.6 Å².